The van der Waals surface area contributed by atoms with E-state index in [1.54, 1.807) is 7.11 Å². The van der Waals surface area contributed by atoms with E-state index in [9.17, 15) is 5.11 Å². The van der Waals surface area contributed by atoms with Gasteiger partial charge < -0.3 is 19.3 Å². The van der Waals surface area contributed by atoms with Gasteiger partial charge >= 0.3 is 0 Å². The second-order valence-corrected chi connectivity index (χ2v) is 5.22. The third-order valence-corrected chi connectivity index (χ3v) is 2.04. The Bertz CT molecular complexity index is 174. The van der Waals surface area contributed by atoms with E-state index in [4.69, 9.17) is 14.2 Å². The maximum absolute atomic E-state index is 9.19. The summed E-state index contributed by atoms with van der Waals surface area (Å²) >= 11 is 0. The minimum absolute atomic E-state index is 0.00855. The second-order valence-electron chi connectivity index (χ2n) is 5.22. The Morgan fingerprint density at radius 1 is 1.19 bits per heavy atom. The molecule has 0 aromatic rings. The lowest BCUT2D eigenvalue weighted by molar-refractivity contribution is -0.242. The summed E-state index contributed by atoms with van der Waals surface area (Å²) in [5, 5.41) is 9.19. The molecule has 2 unspecified atom stereocenters. The Balaban J connectivity index is 4.30. The highest BCUT2D eigenvalue weighted by atomic mass is 16.7. The predicted octanol–water partition coefficient (Wildman–Crippen LogP) is 1.81. The van der Waals surface area contributed by atoms with Crippen LogP contribution in [0.25, 0.3) is 0 Å². The predicted molar refractivity (Wildman–Crippen MR) is 63.3 cm³/mol. The Hall–Kier alpha value is -0.160. The molecule has 0 aliphatic heterocycles. The largest absolute Gasteiger partial charge is 0.394 e. The van der Waals surface area contributed by atoms with Gasteiger partial charge in [-0.25, -0.2) is 0 Å². The second kappa shape index (κ2) is 7.22. The van der Waals surface area contributed by atoms with Crippen molar-refractivity contribution in [3.05, 3.63) is 0 Å². The van der Waals surface area contributed by atoms with E-state index >= 15 is 0 Å². The molecule has 0 radical (unpaired) electrons. The third-order valence-electron chi connectivity index (χ3n) is 2.04. The molecule has 4 heteroatoms. The number of rotatable bonds is 7. The fourth-order valence-corrected chi connectivity index (χ4v) is 1.24. The van der Waals surface area contributed by atoms with Crippen molar-refractivity contribution in [3.8, 4) is 0 Å². The minimum atomic E-state index is -0.440. The molecular weight excluding hydrogens is 208 g/mol. The highest BCUT2D eigenvalue weighted by Crippen LogP contribution is 2.16. The molecule has 0 rings (SSSR count). The smallest absolute Gasteiger partial charge is 0.181 e. The van der Waals surface area contributed by atoms with Crippen molar-refractivity contribution in [2.75, 3.05) is 20.3 Å². The van der Waals surface area contributed by atoms with Crippen molar-refractivity contribution in [3.63, 3.8) is 0 Å². The monoisotopic (exact) mass is 234 g/mol. The minimum Gasteiger partial charge on any atom is -0.394 e. The summed E-state index contributed by atoms with van der Waals surface area (Å²) in [6.45, 7) is 10.2. The summed E-state index contributed by atoms with van der Waals surface area (Å²) in [5.41, 5.74) is -0.291. The molecule has 2 atom stereocenters. The zero-order chi connectivity index (χ0) is 12.8. The number of ether oxygens (including phenoxy) is 3. The lowest BCUT2D eigenvalue weighted by atomic mass is 10.1. The summed E-state index contributed by atoms with van der Waals surface area (Å²) in [4.78, 5) is 0. The lowest BCUT2D eigenvalue weighted by Gasteiger charge is -2.31. The van der Waals surface area contributed by atoms with Gasteiger partial charge in [0.15, 0.2) is 6.29 Å². The van der Waals surface area contributed by atoms with E-state index in [0.29, 0.717) is 6.61 Å². The van der Waals surface area contributed by atoms with Gasteiger partial charge in [0.25, 0.3) is 0 Å². The van der Waals surface area contributed by atoms with Crippen molar-refractivity contribution in [2.24, 2.45) is 5.92 Å². The van der Waals surface area contributed by atoms with Crippen molar-refractivity contribution in [2.45, 2.75) is 52.6 Å². The van der Waals surface area contributed by atoms with Gasteiger partial charge in [0.1, 0.15) is 0 Å². The summed E-state index contributed by atoms with van der Waals surface area (Å²) in [6.07, 6.45) is -0.660. The van der Waals surface area contributed by atoms with Crippen molar-refractivity contribution in [1.82, 2.24) is 0 Å². The summed E-state index contributed by atoms with van der Waals surface area (Å²) in [5.74, 6) is 0.243. The fraction of sp³-hybridized carbons (Fsp3) is 1.00. The third kappa shape index (κ3) is 7.17. The van der Waals surface area contributed by atoms with Gasteiger partial charge in [-0.1, -0.05) is 13.8 Å². The van der Waals surface area contributed by atoms with Crippen LogP contribution in [0.2, 0.25) is 0 Å². The molecule has 0 aliphatic carbocycles. The standard InChI is InChI=1S/C12H26O4/c1-9(2)10(7-13)15-11(8-14-6)16-12(3,4)5/h9-11,13H,7-8H2,1-6H3. The molecule has 0 heterocycles. The van der Waals surface area contributed by atoms with Gasteiger partial charge in [0.05, 0.1) is 24.9 Å². The molecular formula is C12H26O4. The van der Waals surface area contributed by atoms with Gasteiger partial charge in [-0.2, -0.15) is 0 Å². The van der Waals surface area contributed by atoms with Crippen LogP contribution in [-0.2, 0) is 14.2 Å². The normalized spacial score (nSPS) is 16.5. The average molecular weight is 234 g/mol. The van der Waals surface area contributed by atoms with E-state index in [2.05, 4.69) is 0 Å². The molecule has 0 bridgehead atoms. The molecule has 1 N–H and O–H groups in total. The van der Waals surface area contributed by atoms with E-state index in [1.807, 2.05) is 34.6 Å². The van der Waals surface area contributed by atoms with Gasteiger partial charge in [-0.05, 0) is 26.7 Å². The fourth-order valence-electron chi connectivity index (χ4n) is 1.24. The first-order valence-electron chi connectivity index (χ1n) is 5.73. The number of aliphatic hydroxyl groups is 1. The summed E-state index contributed by atoms with van der Waals surface area (Å²) in [7, 11) is 1.60. The number of hydrogen-bond acceptors (Lipinski definition) is 4. The van der Waals surface area contributed by atoms with Gasteiger partial charge in [0, 0.05) is 7.11 Å². The first-order valence-corrected chi connectivity index (χ1v) is 5.73. The van der Waals surface area contributed by atoms with Crippen molar-refractivity contribution < 1.29 is 19.3 Å². The van der Waals surface area contributed by atoms with Crippen LogP contribution in [-0.4, -0.2) is 43.4 Å². The van der Waals surface area contributed by atoms with Crippen LogP contribution in [0.15, 0.2) is 0 Å². The molecule has 0 aliphatic rings. The summed E-state index contributed by atoms with van der Waals surface area (Å²) < 4.78 is 16.4. The number of aliphatic hydroxyl groups excluding tert-OH is 1. The molecule has 0 saturated carbocycles. The Morgan fingerprint density at radius 3 is 2.06 bits per heavy atom. The lowest BCUT2D eigenvalue weighted by Crippen LogP contribution is -2.38. The Labute approximate surface area is 98.9 Å². The number of hydrogen-bond donors (Lipinski definition) is 1. The van der Waals surface area contributed by atoms with E-state index in [0.717, 1.165) is 0 Å². The van der Waals surface area contributed by atoms with Crippen LogP contribution in [0.4, 0.5) is 0 Å². The molecule has 0 saturated heterocycles. The van der Waals surface area contributed by atoms with Crippen LogP contribution in [0, 0.1) is 5.92 Å². The first kappa shape index (κ1) is 15.8. The summed E-state index contributed by atoms with van der Waals surface area (Å²) in [6, 6.07) is 0. The van der Waals surface area contributed by atoms with Gasteiger partial charge in [0.2, 0.25) is 0 Å². The quantitative estimate of drug-likeness (QED) is 0.682. The van der Waals surface area contributed by atoms with Gasteiger partial charge in [-0.3, -0.25) is 0 Å². The highest BCUT2D eigenvalue weighted by Gasteiger charge is 2.24. The van der Waals surface area contributed by atoms with Crippen LogP contribution >= 0.6 is 0 Å². The van der Waals surface area contributed by atoms with Crippen LogP contribution < -0.4 is 0 Å². The van der Waals surface area contributed by atoms with Crippen molar-refractivity contribution in [1.29, 1.82) is 0 Å². The molecule has 0 aromatic carbocycles. The number of methoxy groups -OCH3 is 1. The van der Waals surface area contributed by atoms with Crippen LogP contribution in [0.5, 0.6) is 0 Å². The molecule has 98 valence electrons. The van der Waals surface area contributed by atoms with E-state index in [1.165, 1.54) is 0 Å². The molecule has 16 heavy (non-hydrogen) atoms. The molecule has 4 nitrogen and oxygen atoms in total. The van der Waals surface area contributed by atoms with E-state index in [-0.39, 0.29) is 24.2 Å². The zero-order valence-electron chi connectivity index (χ0n) is 11.3. The topological polar surface area (TPSA) is 47.9 Å². The van der Waals surface area contributed by atoms with Crippen molar-refractivity contribution >= 4 is 0 Å². The van der Waals surface area contributed by atoms with Gasteiger partial charge in [-0.15, -0.1) is 0 Å². The Morgan fingerprint density at radius 2 is 1.75 bits per heavy atom. The zero-order valence-corrected chi connectivity index (χ0v) is 11.3. The molecule has 0 fully saturated rings. The maximum Gasteiger partial charge on any atom is 0.181 e. The van der Waals surface area contributed by atoms with Crippen LogP contribution in [0.3, 0.4) is 0 Å². The average Bonchev–Trinajstić information content (AvgIpc) is 2.11. The molecule has 0 aromatic heterocycles. The molecule has 0 spiro atoms. The van der Waals surface area contributed by atoms with E-state index < -0.39 is 6.29 Å². The maximum atomic E-state index is 9.19. The highest BCUT2D eigenvalue weighted by molar-refractivity contribution is 4.65. The first-order chi connectivity index (χ1) is 7.30. The Kier molecular flexibility index (Phi) is 7.15. The van der Waals surface area contributed by atoms with Crippen LogP contribution in [0.1, 0.15) is 34.6 Å². The molecule has 0 amide bonds. The SMILES string of the molecule is COCC(OC(CO)C(C)C)OC(C)(C)C.